The SMILES string of the molecule is CC[C@H](N)C(=O)Nc1cccc2c1CN(CCC(C)C)C2.Cl.Cl. The summed E-state index contributed by atoms with van der Waals surface area (Å²) in [5.41, 5.74) is 9.29. The van der Waals surface area contributed by atoms with Gasteiger partial charge in [0.25, 0.3) is 0 Å². The van der Waals surface area contributed by atoms with Gasteiger partial charge in [-0.3, -0.25) is 9.69 Å². The van der Waals surface area contributed by atoms with Crippen molar-refractivity contribution < 1.29 is 4.79 Å². The summed E-state index contributed by atoms with van der Waals surface area (Å²) >= 11 is 0. The number of fused-ring (bicyclic) bond motifs is 1. The lowest BCUT2D eigenvalue weighted by Crippen LogP contribution is -2.35. The van der Waals surface area contributed by atoms with Gasteiger partial charge in [-0.25, -0.2) is 0 Å². The summed E-state index contributed by atoms with van der Waals surface area (Å²) in [7, 11) is 0. The second-order valence-electron chi connectivity index (χ2n) is 6.34. The van der Waals surface area contributed by atoms with Crippen LogP contribution in [-0.2, 0) is 17.9 Å². The van der Waals surface area contributed by atoms with Crippen LogP contribution in [0.5, 0.6) is 0 Å². The molecule has 0 radical (unpaired) electrons. The van der Waals surface area contributed by atoms with E-state index < -0.39 is 6.04 Å². The molecule has 2 rings (SSSR count). The van der Waals surface area contributed by atoms with E-state index in [2.05, 4.69) is 30.1 Å². The van der Waals surface area contributed by atoms with Crippen molar-refractivity contribution in [3.63, 3.8) is 0 Å². The molecular weight excluding hydrogens is 333 g/mol. The number of amides is 1. The molecule has 1 aromatic carbocycles. The number of carbonyl (C=O) groups excluding carboxylic acids is 1. The topological polar surface area (TPSA) is 58.4 Å². The fourth-order valence-electron chi connectivity index (χ4n) is 2.62. The van der Waals surface area contributed by atoms with E-state index in [1.54, 1.807) is 0 Å². The predicted octanol–water partition coefficient (Wildman–Crippen LogP) is 3.57. The van der Waals surface area contributed by atoms with Gasteiger partial charge in [0.05, 0.1) is 6.04 Å². The Morgan fingerprint density at radius 2 is 2.00 bits per heavy atom. The molecule has 23 heavy (non-hydrogen) atoms. The Morgan fingerprint density at radius 3 is 2.61 bits per heavy atom. The maximum absolute atomic E-state index is 12.0. The van der Waals surface area contributed by atoms with E-state index in [4.69, 9.17) is 5.73 Å². The fraction of sp³-hybridized carbons (Fsp3) is 0.588. The Morgan fingerprint density at radius 1 is 1.30 bits per heavy atom. The molecule has 0 spiro atoms. The van der Waals surface area contributed by atoms with E-state index in [0.29, 0.717) is 6.42 Å². The first-order chi connectivity index (χ1) is 10.0. The number of benzene rings is 1. The molecule has 1 heterocycles. The molecule has 1 aromatic rings. The largest absolute Gasteiger partial charge is 0.324 e. The van der Waals surface area contributed by atoms with Crippen molar-refractivity contribution >= 4 is 36.4 Å². The standard InChI is InChI=1S/C17H27N3O.2ClH/c1-4-15(18)17(21)19-16-7-5-6-13-10-20(11-14(13)16)9-8-12(2)3;;/h5-7,12,15H,4,8-11,18H2,1-3H3,(H,19,21);2*1H/t15-;;/m0../s1. The normalized spacial score (nSPS) is 14.7. The van der Waals surface area contributed by atoms with E-state index in [1.165, 1.54) is 17.5 Å². The average molecular weight is 362 g/mol. The Labute approximate surface area is 152 Å². The van der Waals surface area contributed by atoms with Gasteiger partial charge in [-0.1, -0.05) is 32.9 Å². The van der Waals surface area contributed by atoms with Crippen LogP contribution < -0.4 is 11.1 Å². The van der Waals surface area contributed by atoms with Gasteiger partial charge in [-0.2, -0.15) is 0 Å². The third-order valence-electron chi connectivity index (χ3n) is 4.11. The number of nitrogens with one attached hydrogen (secondary N) is 1. The molecule has 6 heteroatoms. The summed E-state index contributed by atoms with van der Waals surface area (Å²) in [6.07, 6.45) is 1.86. The first-order valence-corrected chi connectivity index (χ1v) is 7.90. The molecule has 0 bridgehead atoms. The van der Waals surface area contributed by atoms with Crippen LogP contribution in [0.1, 0.15) is 44.7 Å². The molecule has 0 unspecified atom stereocenters. The summed E-state index contributed by atoms with van der Waals surface area (Å²) < 4.78 is 0. The van der Waals surface area contributed by atoms with Crippen molar-refractivity contribution in [3.8, 4) is 0 Å². The zero-order chi connectivity index (χ0) is 15.4. The molecule has 0 saturated heterocycles. The highest BCUT2D eigenvalue weighted by Gasteiger charge is 2.22. The van der Waals surface area contributed by atoms with Gasteiger partial charge in [-0.05, 0) is 42.5 Å². The van der Waals surface area contributed by atoms with E-state index in [9.17, 15) is 4.79 Å². The molecule has 0 saturated carbocycles. The summed E-state index contributed by atoms with van der Waals surface area (Å²) in [6, 6.07) is 5.71. The number of rotatable bonds is 6. The zero-order valence-corrected chi connectivity index (χ0v) is 15.8. The van der Waals surface area contributed by atoms with Crippen LogP contribution in [-0.4, -0.2) is 23.4 Å². The summed E-state index contributed by atoms with van der Waals surface area (Å²) in [4.78, 5) is 14.4. The molecule has 1 aliphatic rings. The third kappa shape index (κ3) is 5.96. The minimum atomic E-state index is -0.431. The Bertz CT molecular complexity index is 509. The van der Waals surface area contributed by atoms with E-state index in [1.807, 2.05) is 19.1 Å². The highest BCUT2D eigenvalue weighted by molar-refractivity contribution is 5.95. The monoisotopic (exact) mass is 361 g/mol. The van der Waals surface area contributed by atoms with Crippen LogP contribution >= 0.6 is 24.8 Å². The molecule has 3 N–H and O–H groups in total. The van der Waals surface area contributed by atoms with Crippen LogP contribution in [0.2, 0.25) is 0 Å². The van der Waals surface area contributed by atoms with Gasteiger partial charge >= 0.3 is 0 Å². The van der Waals surface area contributed by atoms with Gasteiger partial charge < -0.3 is 11.1 Å². The summed E-state index contributed by atoms with van der Waals surface area (Å²) in [5.74, 6) is 0.627. The first kappa shape index (κ1) is 22.2. The highest BCUT2D eigenvalue weighted by atomic mass is 35.5. The highest BCUT2D eigenvalue weighted by Crippen LogP contribution is 2.29. The van der Waals surface area contributed by atoms with Gasteiger partial charge in [0.2, 0.25) is 5.91 Å². The predicted molar refractivity (Wildman–Crippen MR) is 101 cm³/mol. The van der Waals surface area contributed by atoms with E-state index in [0.717, 1.165) is 31.2 Å². The lowest BCUT2D eigenvalue weighted by atomic mass is 10.1. The molecule has 0 aliphatic carbocycles. The molecule has 0 fully saturated rings. The van der Waals surface area contributed by atoms with Crippen molar-refractivity contribution in [3.05, 3.63) is 29.3 Å². The quantitative estimate of drug-likeness (QED) is 0.813. The molecule has 1 amide bonds. The Kier molecular flexibility index (Phi) is 9.78. The van der Waals surface area contributed by atoms with E-state index in [-0.39, 0.29) is 30.7 Å². The van der Waals surface area contributed by atoms with Crippen molar-refractivity contribution in [1.29, 1.82) is 0 Å². The lowest BCUT2D eigenvalue weighted by molar-refractivity contribution is -0.117. The number of anilines is 1. The number of nitrogens with zero attached hydrogens (tertiary/aromatic N) is 1. The van der Waals surface area contributed by atoms with Gasteiger partial charge in [0.15, 0.2) is 0 Å². The summed E-state index contributed by atoms with van der Waals surface area (Å²) in [5, 5.41) is 2.99. The molecular formula is C17H29Cl2N3O. The number of halogens is 2. The second-order valence-corrected chi connectivity index (χ2v) is 6.34. The number of nitrogens with two attached hydrogens (primary N) is 1. The summed E-state index contributed by atoms with van der Waals surface area (Å²) in [6.45, 7) is 9.43. The van der Waals surface area contributed by atoms with Gasteiger partial charge in [0, 0.05) is 18.8 Å². The van der Waals surface area contributed by atoms with Crippen LogP contribution in [0.3, 0.4) is 0 Å². The lowest BCUT2D eigenvalue weighted by Gasteiger charge is -2.16. The first-order valence-electron chi connectivity index (χ1n) is 7.90. The fourth-order valence-corrected chi connectivity index (χ4v) is 2.62. The van der Waals surface area contributed by atoms with Crippen LogP contribution in [0.4, 0.5) is 5.69 Å². The average Bonchev–Trinajstić information content (AvgIpc) is 2.88. The maximum Gasteiger partial charge on any atom is 0.241 e. The Balaban J connectivity index is 0.00000242. The Hall–Kier alpha value is -0.810. The molecule has 132 valence electrons. The van der Waals surface area contributed by atoms with Crippen LogP contribution in [0.15, 0.2) is 18.2 Å². The van der Waals surface area contributed by atoms with Crippen molar-refractivity contribution in [2.24, 2.45) is 11.7 Å². The smallest absolute Gasteiger partial charge is 0.241 e. The minimum absolute atomic E-state index is 0. The molecule has 1 atom stereocenters. The number of hydrogen-bond donors (Lipinski definition) is 2. The van der Waals surface area contributed by atoms with Gasteiger partial charge in [0.1, 0.15) is 0 Å². The second kappa shape index (κ2) is 10.1. The molecule has 1 aliphatic heterocycles. The van der Waals surface area contributed by atoms with Crippen LogP contribution in [0.25, 0.3) is 0 Å². The maximum atomic E-state index is 12.0. The third-order valence-corrected chi connectivity index (χ3v) is 4.11. The van der Waals surface area contributed by atoms with Gasteiger partial charge in [-0.15, -0.1) is 24.8 Å². The van der Waals surface area contributed by atoms with Crippen molar-refractivity contribution in [1.82, 2.24) is 4.90 Å². The number of carbonyl (C=O) groups is 1. The molecule has 0 aromatic heterocycles. The van der Waals surface area contributed by atoms with Crippen molar-refractivity contribution in [2.75, 3.05) is 11.9 Å². The zero-order valence-electron chi connectivity index (χ0n) is 14.2. The van der Waals surface area contributed by atoms with Crippen molar-refractivity contribution in [2.45, 2.75) is 52.7 Å². The molecule has 4 nitrogen and oxygen atoms in total. The number of hydrogen-bond acceptors (Lipinski definition) is 3. The van der Waals surface area contributed by atoms with Crippen LogP contribution in [0, 0.1) is 5.92 Å². The van der Waals surface area contributed by atoms with E-state index >= 15 is 0 Å². The minimum Gasteiger partial charge on any atom is -0.324 e.